The number of hydrogen-bond donors (Lipinski definition) is 0. The van der Waals surface area contributed by atoms with Gasteiger partial charge in [0.2, 0.25) is 11.8 Å². The fraction of sp³-hybridized carbons (Fsp3) is 0.846. The average molecular weight is 270 g/mol. The van der Waals surface area contributed by atoms with Crippen LogP contribution >= 0.6 is 11.8 Å². The summed E-state index contributed by atoms with van der Waals surface area (Å²) in [6, 6.07) is 0.604. The highest BCUT2D eigenvalue weighted by atomic mass is 32.2. The lowest BCUT2D eigenvalue weighted by atomic mass is 10.2. The Hall–Kier alpha value is -0.550. The van der Waals surface area contributed by atoms with Gasteiger partial charge in [0.05, 0.1) is 0 Å². The summed E-state index contributed by atoms with van der Waals surface area (Å²) in [4.78, 5) is 26.8. The highest BCUT2D eigenvalue weighted by Gasteiger charge is 2.32. The highest BCUT2D eigenvalue weighted by molar-refractivity contribution is 7.99. The molecule has 0 aromatic rings. The third-order valence-electron chi connectivity index (χ3n) is 4.12. The molecular weight excluding hydrogens is 248 g/mol. The van der Waals surface area contributed by atoms with E-state index in [1.807, 2.05) is 11.8 Å². The van der Waals surface area contributed by atoms with E-state index in [-0.39, 0.29) is 11.8 Å². The summed E-state index contributed by atoms with van der Waals surface area (Å²) < 4.78 is 0. The number of imide groups is 1. The van der Waals surface area contributed by atoms with Crippen LogP contribution in [0.2, 0.25) is 0 Å². The van der Waals surface area contributed by atoms with Gasteiger partial charge in [0, 0.05) is 37.2 Å². The monoisotopic (exact) mass is 270 g/mol. The van der Waals surface area contributed by atoms with Gasteiger partial charge in [-0.2, -0.15) is 11.8 Å². The molecule has 5 heteroatoms. The van der Waals surface area contributed by atoms with Gasteiger partial charge in [-0.15, -0.1) is 0 Å². The zero-order valence-electron chi connectivity index (χ0n) is 11.2. The van der Waals surface area contributed by atoms with Crippen molar-refractivity contribution in [2.24, 2.45) is 0 Å². The fourth-order valence-electron chi connectivity index (χ4n) is 2.98. The number of likely N-dealkylation sites (N-methyl/N-ethyl adjacent to an activating group) is 1. The third kappa shape index (κ3) is 2.88. The van der Waals surface area contributed by atoms with Gasteiger partial charge in [0.1, 0.15) is 0 Å². The smallest absolute Gasteiger partial charge is 0.229 e. The molecule has 0 N–H and O–H groups in total. The molecule has 102 valence electrons. The Labute approximate surface area is 113 Å². The lowest BCUT2D eigenvalue weighted by Gasteiger charge is -2.29. The standard InChI is InChI=1S/C13H22N2O2S/c1-14(10-4-3-5-11(10)18-2)8-9-15-12(16)6-7-13(15)17/h10-11H,3-9H2,1-2H3/t10-,11-/m0/s1. The van der Waals surface area contributed by atoms with Gasteiger partial charge >= 0.3 is 0 Å². The summed E-state index contributed by atoms with van der Waals surface area (Å²) in [5.74, 6) is 0.00229. The normalized spacial score (nSPS) is 28.7. The molecule has 2 rings (SSSR count). The molecule has 0 aromatic heterocycles. The first-order valence-corrected chi connectivity index (χ1v) is 7.98. The van der Waals surface area contributed by atoms with E-state index in [0.717, 1.165) is 6.54 Å². The van der Waals surface area contributed by atoms with Crippen molar-refractivity contribution in [3.05, 3.63) is 0 Å². The second-order valence-corrected chi connectivity index (χ2v) is 6.27. The number of carbonyl (C=O) groups is 2. The van der Waals surface area contributed by atoms with Crippen LogP contribution in [0.15, 0.2) is 0 Å². The van der Waals surface area contributed by atoms with Crippen LogP contribution in [-0.4, -0.2) is 59.3 Å². The quantitative estimate of drug-likeness (QED) is 0.707. The van der Waals surface area contributed by atoms with Gasteiger partial charge < -0.3 is 4.90 Å². The van der Waals surface area contributed by atoms with E-state index < -0.39 is 0 Å². The number of hydrogen-bond acceptors (Lipinski definition) is 4. The van der Waals surface area contributed by atoms with E-state index >= 15 is 0 Å². The van der Waals surface area contributed by atoms with E-state index in [9.17, 15) is 9.59 Å². The van der Waals surface area contributed by atoms with E-state index in [4.69, 9.17) is 0 Å². The largest absolute Gasteiger partial charge is 0.301 e. The Morgan fingerprint density at radius 1 is 1.28 bits per heavy atom. The molecule has 2 fully saturated rings. The van der Waals surface area contributed by atoms with Gasteiger partial charge in [-0.1, -0.05) is 6.42 Å². The zero-order valence-corrected chi connectivity index (χ0v) is 12.0. The summed E-state index contributed by atoms with van der Waals surface area (Å²) in [6.07, 6.45) is 6.80. The maximum Gasteiger partial charge on any atom is 0.229 e. The first kappa shape index (κ1) is 13.9. The van der Waals surface area contributed by atoms with E-state index in [2.05, 4.69) is 18.2 Å². The predicted molar refractivity (Wildman–Crippen MR) is 73.5 cm³/mol. The Kier molecular flexibility index (Phi) is 4.67. The van der Waals surface area contributed by atoms with Crippen molar-refractivity contribution < 1.29 is 9.59 Å². The Morgan fingerprint density at radius 3 is 2.56 bits per heavy atom. The molecule has 0 bridgehead atoms. The number of carbonyl (C=O) groups excluding carboxylic acids is 2. The summed E-state index contributed by atoms with van der Waals surface area (Å²) >= 11 is 1.94. The second kappa shape index (κ2) is 6.06. The van der Waals surface area contributed by atoms with Crippen LogP contribution in [-0.2, 0) is 9.59 Å². The van der Waals surface area contributed by atoms with Gasteiger partial charge in [-0.05, 0) is 26.1 Å². The molecule has 1 heterocycles. The molecule has 0 spiro atoms. The summed E-state index contributed by atoms with van der Waals surface area (Å²) in [5.41, 5.74) is 0. The minimum absolute atomic E-state index is 0.00115. The van der Waals surface area contributed by atoms with Crippen LogP contribution in [0, 0.1) is 0 Å². The predicted octanol–water partition coefficient (Wildman–Crippen LogP) is 1.35. The maximum atomic E-state index is 11.5. The Balaban J connectivity index is 1.82. The van der Waals surface area contributed by atoms with E-state index in [1.165, 1.54) is 24.2 Å². The second-order valence-electron chi connectivity index (χ2n) is 5.19. The number of thioether (sulfide) groups is 1. The van der Waals surface area contributed by atoms with Crippen LogP contribution in [0.3, 0.4) is 0 Å². The van der Waals surface area contributed by atoms with Gasteiger partial charge in [-0.25, -0.2) is 0 Å². The molecule has 1 aliphatic heterocycles. The number of nitrogens with zero attached hydrogens (tertiary/aromatic N) is 2. The van der Waals surface area contributed by atoms with Crippen LogP contribution in [0.5, 0.6) is 0 Å². The molecule has 0 aromatic carbocycles. The summed E-state index contributed by atoms with van der Waals surface area (Å²) in [6.45, 7) is 1.37. The number of likely N-dealkylation sites (tertiary alicyclic amines) is 1. The first-order valence-electron chi connectivity index (χ1n) is 6.69. The minimum atomic E-state index is 0.00115. The molecular formula is C13H22N2O2S. The van der Waals surface area contributed by atoms with Crippen LogP contribution in [0.25, 0.3) is 0 Å². The maximum absolute atomic E-state index is 11.5. The van der Waals surface area contributed by atoms with Gasteiger partial charge in [-0.3, -0.25) is 14.5 Å². The van der Waals surface area contributed by atoms with Gasteiger partial charge in [0.15, 0.2) is 0 Å². The van der Waals surface area contributed by atoms with Crippen molar-refractivity contribution >= 4 is 23.6 Å². The molecule has 18 heavy (non-hydrogen) atoms. The van der Waals surface area contributed by atoms with E-state index in [0.29, 0.717) is 30.7 Å². The van der Waals surface area contributed by atoms with Crippen LogP contribution < -0.4 is 0 Å². The lowest BCUT2D eigenvalue weighted by molar-refractivity contribution is -0.138. The zero-order chi connectivity index (χ0) is 13.1. The molecule has 0 radical (unpaired) electrons. The first-order chi connectivity index (χ1) is 8.63. The third-order valence-corrected chi connectivity index (χ3v) is 5.27. The molecule has 1 saturated carbocycles. The van der Waals surface area contributed by atoms with Crippen molar-refractivity contribution in [3.8, 4) is 0 Å². The average Bonchev–Trinajstić information content (AvgIpc) is 2.94. The van der Waals surface area contributed by atoms with E-state index in [1.54, 1.807) is 0 Å². The van der Waals surface area contributed by atoms with Crippen molar-refractivity contribution in [2.45, 2.75) is 43.4 Å². The molecule has 1 aliphatic carbocycles. The minimum Gasteiger partial charge on any atom is -0.301 e. The van der Waals surface area contributed by atoms with Crippen LogP contribution in [0.4, 0.5) is 0 Å². The molecule has 2 amide bonds. The molecule has 2 aliphatic rings. The molecule has 1 saturated heterocycles. The molecule has 4 nitrogen and oxygen atoms in total. The summed E-state index contributed by atoms with van der Waals surface area (Å²) in [5, 5.41) is 0.708. The number of amides is 2. The Morgan fingerprint density at radius 2 is 1.94 bits per heavy atom. The number of rotatable bonds is 5. The van der Waals surface area contributed by atoms with Crippen molar-refractivity contribution in [1.82, 2.24) is 9.80 Å². The molecule has 2 atom stereocenters. The van der Waals surface area contributed by atoms with Crippen molar-refractivity contribution in [2.75, 3.05) is 26.4 Å². The highest BCUT2D eigenvalue weighted by Crippen LogP contribution is 2.31. The summed E-state index contributed by atoms with van der Waals surface area (Å²) in [7, 11) is 2.12. The lowest BCUT2D eigenvalue weighted by Crippen LogP contribution is -2.42. The topological polar surface area (TPSA) is 40.6 Å². The SMILES string of the molecule is CS[C@H]1CCC[C@@H]1N(C)CCN1C(=O)CCC1=O. The fourth-order valence-corrected chi connectivity index (χ4v) is 4.04. The van der Waals surface area contributed by atoms with Crippen LogP contribution in [0.1, 0.15) is 32.1 Å². The Bertz CT molecular complexity index is 319. The van der Waals surface area contributed by atoms with Crippen molar-refractivity contribution in [1.29, 1.82) is 0 Å². The molecule has 0 unspecified atom stereocenters. The van der Waals surface area contributed by atoms with Crippen molar-refractivity contribution in [3.63, 3.8) is 0 Å². The van der Waals surface area contributed by atoms with Gasteiger partial charge in [0.25, 0.3) is 0 Å².